The number of nitrogens with zero attached hydrogens (tertiary/aromatic N) is 3. The zero-order chi connectivity index (χ0) is 18.7. The second-order valence-electron chi connectivity index (χ2n) is 4.93. The van der Waals surface area contributed by atoms with Crippen molar-refractivity contribution in [2.75, 3.05) is 13.6 Å². The van der Waals surface area contributed by atoms with Crippen LogP contribution in [0.2, 0.25) is 0 Å². The van der Waals surface area contributed by atoms with Gasteiger partial charge in [-0.2, -0.15) is 26.3 Å². The predicted octanol–water partition coefficient (Wildman–Crippen LogP) is 0.916. The minimum absolute atomic E-state index is 0.00472. The average molecular weight is 401 g/mol. The van der Waals surface area contributed by atoms with Crippen molar-refractivity contribution in [1.82, 2.24) is 14.5 Å². The van der Waals surface area contributed by atoms with Crippen LogP contribution in [0.3, 0.4) is 0 Å². The van der Waals surface area contributed by atoms with Gasteiger partial charge in [0.25, 0.3) is 19.7 Å². The van der Waals surface area contributed by atoms with Gasteiger partial charge in [-0.1, -0.05) is 0 Å². The smallest absolute Gasteiger partial charge is 0.315 e. The lowest BCUT2D eigenvalue weighted by molar-refractivity contribution is -0.0461. The molecule has 0 aliphatic carbocycles. The van der Waals surface area contributed by atoms with Crippen LogP contribution in [0.5, 0.6) is 0 Å². The van der Waals surface area contributed by atoms with E-state index in [9.17, 15) is 43.2 Å². The maximum absolute atomic E-state index is 12.8. The van der Waals surface area contributed by atoms with Crippen molar-refractivity contribution in [3.63, 3.8) is 0 Å². The lowest BCUT2D eigenvalue weighted by atomic mass is 10.4. The fourth-order valence-corrected chi connectivity index (χ4v) is 4.48. The number of sulfone groups is 2. The number of aromatic nitrogens is 2. The molecule has 0 bridgehead atoms. The van der Waals surface area contributed by atoms with Crippen LogP contribution < -0.4 is 0 Å². The van der Waals surface area contributed by atoms with Gasteiger partial charge < -0.3 is 4.57 Å². The van der Waals surface area contributed by atoms with E-state index < -0.39 is 53.1 Å². The summed E-state index contributed by atoms with van der Waals surface area (Å²) in [5, 5.41) is -4.16. The Bertz CT molecular complexity index is 868. The molecule has 0 atom stereocenters. The monoisotopic (exact) mass is 401 g/mol. The molecule has 138 valence electrons. The highest BCUT2D eigenvalue weighted by atomic mass is 32.2. The largest absolute Gasteiger partial charge is 0.503 e. The van der Waals surface area contributed by atoms with E-state index in [4.69, 9.17) is 0 Å². The number of fused-ring (bicyclic) bond motifs is 1. The van der Waals surface area contributed by atoms with Gasteiger partial charge in [-0.25, -0.2) is 21.8 Å². The lowest BCUT2D eigenvalue weighted by Gasteiger charge is -2.24. The molecule has 0 amide bonds. The van der Waals surface area contributed by atoms with Crippen LogP contribution in [-0.4, -0.2) is 55.9 Å². The number of rotatable bonds is 2. The first-order valence-corrected chi connectivity index (χ1v) is 8.98. The molecule has 0 saturated carbocycles. The lowest BCUT2D eigenvalue weighted by Crippen LogP contribution is -2.34. The summed E-state index contributed by atoms with van der Waals surface area (Å²) < 4.78 is 123. The molecule has 15 heteroatoms. The van der Waals surface area contributed by atoms with E-state index in [0.29, 0.717) is 4.57 Å². The third-order valence-electron chi connectivity index (χ3n) is 3.21. The summed E-state index contributed by atoms with van der Waals surface area (Å²) in [5.74, 6) is -0.519. The van der Waals surface area contributed by atoms with Crippen molar-refractivity contribution in [2.24, 2.45) is 0 Å². The van der Waals surface area contributed by atoms with Crippen LogP contribution in [0.4, 0.5) is 26.3 Å². The second-order valence-corrected chi connectivity index (χ2v) is 8.64. The highest BCUT2D eigenvalue weighted by Gasteiger charge is 2.57. The first-order chi connectivity index (χ1) is 10.6. The summed E-state index contributed by atoms with van der Waals surface area (Å²) in [4.78, 5) is 4.48. The van der Waals surface area contributed by atoms with Crippen molar-refractivity contribution in [3.05, 3.63) is 5.82 Å². The van der Waals surface area contributed by atoms with E-state index in [1.165, 1.54) is 11.9 Å². The van der Waals surface area contributed by atoms with Crippen LogP contribution in [0.1, 0.15) is 5.82 Å². The first kappa shape index (κ1) is 19.0. The van der Waals surface area contributed by atoms with Gasteiger partial charge >= 0.3 is 11.0 Å². The van der Waals surface area contributed by atoms with Crippen LogP contribution in [0, 0.1) is 0 Å². The van der Waals surface area contributed by atoms with E-state index in [1.807, 2.05) is 0 Å². The summed E-state index contributed by atoms with van der Waals surface area (Å²) in [6, 6.07) is 0. The number of hydrogen-bond acceptors (Lipinski definition) is 6. The van der Waals surface area contributed by atoms with Crippen LogP contribution in [0.15, 0.2) is 10.1 Å². The van der Waals surface area contributed by atoms with Gasteiger partial charge in [0.2, 0.25) is 5.03 Å². The Kier molecular flexibility index (Phi) is 4.21. The molecule has 0 unspecified atom stereocenters. The Hall–Kier alpha value is -1.35. The number of hydrogen-bond donors (Lipinski definition) is 0. The van der Waals surface area contributed by atoms with Crippen molar-refractivity contribution in [3.8, 4) is 0 Å². The Morgan fingerprint density at radius 1 is 0.917 bits per heavy atom. The van der Waals surface area contributed by atoms with Crippen LogP contribution in [-0.2, 0) is 32.8 Å². The maximum Gasteiger partial charge on any atom is 0.503 e. The molecule has 1 aromatic heterocycles. The maximum atomic E-state index is 12.8. The van der Waals surface area contributed by atoms with Gasteiger partial charge in [-0.3, -0.25) is 4.90 Å². The highest BCUT2D eigenvalue weighted by molar-refractivity contribution is 7.95. The molecule has 1 aliphatic heterocycles. The SMILES string of the molecule is CN1CCn2c(nc(S(=O)(=O)C(F)(F)F)c2S(=O)(=O)C(F)(F)F)C1. The van der Waals surface area contributed by atoms with Crippen LogP contribution >= 0.6 is 0 Å². The van der Waals surface area contributed by atoms with Gasteiger partial charge in [-0.05, 0) is 7.05 Å². The Balaban J connectivity index is 2.88. The number of imidazole rings is 1. The molecule has 0 radical (unpaired) electrons. The topological polar surface area (TPSA) is 89.3 Å². The molecule has 0 saturated heterocycles. The van der Waals surface area contributed by atoms with Crippen LogP contribution in [0.25, 0.3) is 0 Å². The summed E-state index contributed by atoms with van der Waals surface area (Å²) in [6.45, 7) is -0.778. The van der Waals surface area contributed by atoms with E-state index in [0.717, 1.165) is 0 Å². The standard InChI is InChI=1S/C9H9F6N3O4S2/c1-17-2-3-18-5(4-17)16-6(23(19,20)8(10,11)12)7(18)24(21,22)9(13,14)15/h2-4H2,1H3. The molecule has 0 fully saturated rings. The molecule has 24 heavy (non-hydrogen) atoms. The van der Waals surface area contributed by atoms with Crippen molar-refractivity contribution >= 4 is 19.7 Å². The molecular weight excluding hydrogens is 392 g/mol. The molecule has 2 heterocycles. The minimum Gasteiger partial charge on any atom is -0.315 e. The van der Waals surface area contributed by atoms with Gasteiger partial charge in [0.15, 0.2) is 5.03 Å². The average Bonchev–Trinajstić information content (AvgIpc) is 2.75. The number of likely N-dealkylation sites (N-methyl/N-ethyl adjacent to an activating group) is 1. The van der Waals surface area contributed by atoms with Gasteiger partial charge in [0, 0.05) is 13.1 Å². The first-order valence-electron chi connectivity index (χ1n) is 6.01. The molecule has 0 spiro atoms. The van der Waals surface area contributed by atoms with Crippen molar-refractivity contribution in [2.45, 2.75) is 34.2 Å². The fraction of sp³-hybridized carbons (Fsp3) is 0.667. The normalized spacial score (nSPS) is 17.8. The zero-order valence-electron chi connectivity index (χ0n) is 11.7. The van der Waals surface area contributed by atoms with E-state index >= 15 is 0 Å². The van der Waals surface area contributed by atoms with E-state index in [-0.39, 0.29) is 13.1 Å². The van der Waals surface area contributed by atoms with Crippen molar-refractivity contribution < 1.29 is 43.2 Å². The molecule has 7 nitrogen and oxygen atoms in total. The Labute approximate surface area is 131 Å². The number of alkyl halides is 6. The molecule has 1 aliphatic rings. The zero-order valence-corrected chi connectivity index (χ0v) is 13.3. The fourth-order valence-electron chi connectivity index (χ4n) is 2.05. The number of halogens is 6. The summed E-state index contributed by atoms with van der Waals surface area (Å²) in [6.07, 6.45) is 0. The Morgan fingerprint density at radius 3 is 1.88 bits per heavy atom. The molecule has 2 rings (SSSR count). The van der Waals surface area contributed by atoms with Gasteiger partial charge in [0.05, 0.1) is 6.54 Å². The summed E-state index contributed by atoms with van der Waals surface area (Å²) >= 11 is 0. The second kappa shape index (κ2) is 5.32. The summed E-state index contributed by atoms with van der Waals surface area (Å²) in [7, 11) is -11.3. The van der Waals surface area contributed by atoms with Gasteiger partial charge in [0.1, 0.15) is 5.82 Å². The molecule has 0 N–H and O–H groups in total. The molecule has 0 aromatic carbocycles. The quantitative estimate of drug-likeness (QED) is 0.685. The van der Waals surface area contributed by atoms with Crippen molar-refractivity contribution in [1.29, 1.82) is 0 Å². The Morgan fingerprint density at radius 2 is 1.42 bits per heavy atom. The molecular formula is C9H9F6N3O4S2. The highest BCUT2D eigenvalue weighted by Crippen LogP contribution is 2.39. The third kappa shape index (κ3) is 2.77. The third-order valence-corrected chi connectivity index (χ3v) is 6.27. The molecule has 1 aromatic rings. The minimum atomic E-state index is -6.39. The van der Waals surface area contributed by atoms with Gasteiger partial charge in [-0.15, -0.1) is 0 Å². The van der Waals surface area contributed by atoms with E-state index in [2.05, 4.69) is 4.98 Å². The predicted molar refractivity (Wildman–Crippen MR) is 65.0 cm³/mol. The van der Waals surface area contributed by atoms with E-state index in [1.54, 1.807) is 0 Å². The summed E-state index contributed by atoms with van der Waals surface area (Å²) in [5.41, 5.74) is -12.0.